The van der Waals surface area contributed by atoms with Crippen molar-refractivity contribution >= 4 is 5.70 Å². The van der Waals surface area contributed by atoms with Gasteiger partial charge in [-0.05, 0) is 11.8 Å². The summed E-state index contributed by atoms with van der Waals surface area (Å²) in [6.45, 7) is 5.65. The van der Waals surface area contributed by atoms with Crippen molar-refractivity contribution in [3.8, 4) is 5.75 Å². The number of halogens is 3. The normalized spacial score (nSPS) is 14.2. The zero-order chi connectivity index (χ0) is 17.7. The number of benzene rings is 1. The second-order valence-electron chi connectivity index (χ2n) is 5.25. The number of hydrogen-bond donors (Lipinski definition) is 0. The van der Waals surface area contributed by atoms with Gasteiger partial charge in [-0.1, -0.05) is 24.8 Å². The molecule has 0 saturated heterocycles. The number of nitrogens with zero attached hydrogens (tertiary/aromatic N) is 1. The molecule has 7 heteroatoms. The van der Waals surface area contributed by atoms with Gasteiger partial charge < -0.3 is 14.4 Å². The van der Waals surface area contributed by atoms with Gasteiger partial charge in [-0.3, -0.25) is 0 Å². The zero-order valence-corrected chi connectivity index (χ0v) is 17.0. The third-order valence-electron chi connectivity index (χ3n) is 3.55. The number of alkyl halides is 2. The van der Waals surface area contributed by atoms with Crippen LogP contribution in [0.25, 0.3) is 5.70 Å². The first-order chi connectivity index (χ1) is 11.4. The van der Waals surface area contributed by atoms with Crippen molar-refractivity contribution in [1.29, 1.82) is 0 Å². The molecule has 0 fully saturated rings. The molecule has 1 aromatic carbocycles. The second kappa shape index (κ2) is 10.1. The van der Waals surface area contributed by atoms with Crippen molar-refractivity contribution in [2.45, 2.75) is 13.3 Å². The van der Waals surface area contributed by atoms with E-state index in [0.717, 1.165) is 0 Å². The fourth-order valence-electron chi connectivity index (χ4n) is 2.27. The van der Waals surface area contributed by atoms with Crippen LogP contribution >= 0.6 is 0 Å². The Morgan fingerprint density at radius 1 is 1.28 bits per heavy atom. The number of rotatable bonds is 7. The maximum Gasteiger partial charge on any atom is 0.256 e. The van der Waals surface area contributed by atoms with Crippen molar-refractivity contribution < 1.29 is 55.4 Å². The Kier molecular flexibility index (Phi) is 8.90. The van der Waals surface area contributed by atoms with Crippen LogP contribution < -0.4 is 4.74 Å². The SMILES string of the molecule is C=C1C(C)=C[C-]=C(c2ccc(OCCOC)cc2F)N1CC(F)F.[Y]. The summed E-state index contributed by atoms with van der Waals surface area (Å²) in [7, 11) is 1.54. The molecule has 1 radical (unpaired) electrons. The molecule has 0 N–H and O–H groups in total. The molecule has 0 aromatic heterocycles. The van der Waals surface area contributed by atoms with Gasteiger partial charge in [0.2, 0.25) is 0 Å². The Labute approximate surface area is 171 Å². The Morgan fingerprint density at radius 2 is 2.00 bits per heavy atom. The van der Waals surface area contributed by atoms with Gasteiger partial charge in [0.15, 0.2) is 0 Å². The monoisotopic (exact) mass is 427 g/mol. The molecule has 1 heterocycles. The molecular formula is C18H19F3NO2Y-. The molecule has 0 bridgehead atoms. The summed E-state index contributed by atoms with van der Waals surface area (Å²) in [6.07, 6.45) is 1.90. The number of allylic oxidation sites excluding steroid dienone is 3. The van der Waals surface area contributed by atoms with E-state index in [1.807, 2.05) is 0 Å². The van der Waals surface area contributed by atoms with Gasteiger partial charge in [-0.2, -0.15) is 12.2 Å². The summed E-state index contributed by atoms with van der Waals surface area (Å²) in [5.74, 6) is -0.233. The summed E-state index contributed by atoms with van der Waals surface area (Å²) in [4.78, 5) is 1.28. The molecule has 0 spiro atoms. The molecule has 0 aliphatic carbocycles. The predicted molar refractivity (Wildman–Crippen MR) is 86.0 cm³/mol. The van der Waals surface area contributed by atoms with Crippen LogP contribution in [0.5, 0.6) is 5.75 Å². The minimum absolute atomic E-state index is 0. The Hall–Kier alpha value is -1.11. The van der Waals surface area contributed by atoms with Crippen LogP contribution in [0.3, 0.4) is 0 Å². The van der Waals surface area contributed by atoms with Gasteiger partial charge in [0.05, 0.1) is 19.0 Å². The summed E-state index contributed by atoms with van der Waals surface area (Å²) in [5.41, 5.74) is 1.51. The molecule has 3 nitrogen and oxygen atoms in total. The largest absolute Gasteiger partial charge is 0.491 e. The van der Waals surface area contributed by atoms with E-state index in [0.29, 0.717) is 30.2 Å². The molecule has 133 valence electrons. The molecule has 0 amide bonds. The van der Waals surface area contributed by atoms with Gasteiger partial charge in [0.1, 0.15) is 12.4 Å². The van der Waals surface area contributed by atoms with Crippen LogP contribution in [0.15, 0.2) is 42.1 Å². The van der Waals surface area contributed by atoms with Crippen molar-refractivity contribution in [3.05, 3.63) is 59.6 Å². The third-order valence-corrected chi connectivity index (χ3v) is 3.55. The summed E-state index contributed by atoms with van der Waals surface area (Å²) in [5, 5.41) is 0. The number of hydrogen-bond acceptors (Lipinski definition) is 3. The number of ether oxygens (including phenoxy) is 2. The first-order valence-electron chi connectivity index (χ1n) is 7.41. The maximum absolute atomic E-state index is 14.4. The molecule has 1 aliphatic rings. The number of methoxy groups -OCH3 is 1. The molecule has 0 saturated carbocycles. The van der Waals surface area contributed by atoms with Crippen molar-refractivity contribution in [3.63, 3.8) is 0 Å². The maximum atomic E-state index is 14.4. The second-order valence-corrected chi connectivity index (χ2v) is 5.25. The van der Waals surface area contributed by atoms with Gasteiger partial charge in [0.25, 0.3) is 6.43 Å². The van der Waals surface area contributed by atoms with E-state index < -0.39 is 18.8 Å². The molecule has 0 atom stereocenters. The van der Waals surface area contributed by atoms with Gasteiger partial charge in [0, 0.05) is 45.9 Å². The van der Waals surface area contributed by atoms with E-state index in [1.54, 1.807) is 26.2 Å². The fourth-order valence-corrected chi connectivity index (χ4v) is 2.27. The van der Waals surface area contributed by atoms with Crippen molar-refractivity contribution in [1.82, 2.24) is 4.90 Å². The minimum Gasteiger partial charge on any atom is -0.491 e. The third kappa shape index (κ3) is 5.69. The van der Waals surface area contributed by atoms with Crippen LogP contribution in [0.1, 0.15) is 12.5 Å². The Balaban J connectivity index is 0.00000312. The standard InChI is InChI=1S/C18H19F3NO2.Y/c1-12-4-7-17(22(13(12)2)11-18(20)21)15-6-5-14(10-16(15)19)24-9-8-23-3;/h4-6,10,18H,2,8-9,11H2,1,3H3;/q-1;. The molecule has 2 rings (SSSR count). The van der Waals surface area contributed by atoms with Crippen LogP contribution in [0, 0.1) is 11.9 Å². The van der Waals surface area contributed by atoms with Crippen LogP contribution in [-0.4, -0.2) is 38.2 Å². The van der Waals surface area contributed by atoms with Gasteiger partial charge in [-0.15, -0.1) is 11.6 Å². The van der Waals surface area contributed by atoms with E-state index in [2.05, 4.69) is 12.7 Å². The van der Waals surface area contributed by atoms with Gasteiger partial charge in [-0.25, -0.2) is 13.2 Å². The molecule has 1 aliphatic heterocycles. The average molecular weight is 427 g/mol. The van der Waals surface area contributed by atoms with E-state index in [4.69, 9.17) is 9.47 Å². The molecular weight excluding hydrogens is 408 g/mol. The minimum atomic E-state index is -2.58. The van der Waals surface area contributed by atoms with Crippen molar-refractivity contribution in [2.75, 3.05) is 26.9 Å². The molecule has 0 unspecified atom stereocenters. The fraction of sp³-hybridized carbons (Fsp3) is 0.333. The smallest absolute Gasteiger partial charge is 0.256 e. The zero-order valence-electron chi connectivity index (χ0n) is 14.2. The van der Waals surface area contributed by atoms with Crippen LogP contribution in [-0.2, 0) is 37.4 Å². The first kappa shape index (κ1) is 21.9. The summed E-state index contributed by atoms with van der Waals surface area (Å²) < 4.78 is 50.4. The quantitative estimate of drug-likeness (QED) is 0.485. The van der Waals surface area contributed by atoms with E-state index in [-0.39, 0.29) is 44.0 Å². The topological polar surface area (TPSA) is 21.7 Å². The first-order valence-corrected chi connectivity index (χ1v) is 7.41. The molecule has 1 aromatic rings. The van der Waals surface area contributed by atoms with Crippen LogP contribution in [0.2, 0.25) is 0 Å². The van der Waals surface area contributed by atoms with Crippen LogP contribution in [0.4, 0.5) is 13.2 Å². The van der Waals surface area contributed by atoms with E-state index in [1.165, 1.54) is 17.0 Å². The Morgan fingerprint density at radius 3 is 2.60 bits per heavy atom. The summed E-state index contributed by atoms with van der Waals surface area (Å²) in [6, 6.07) is 4.28. The predicted octanol–water partition coefficient (Wildman–Crippen LogP) is 4.03. The van der Waals surface area contributed by atoms with E-state index >= 15 is 0 Å². The van der Waals surface area contributed by atoms with Gasteiger partial charge >= 0.3 is 0 Å². The Bertz CT molecular complexity index is 674. The van der Waals surface area contributed by atoms with Crippen molar-refractivity contribution in [2.24, 2.45) is 0 Å². The average Bonchev–Trinajstić information content (AvgIpc) is 2.53. The summed E-state index contributed by atoms with van der Waals surface area (Å²) >= 11 is 0. The van der Waals surface area contributed by atoms with E-state index in [9.17, 15) is 13.2 Å². The molecule has 25 heavy (non-hydrogen) atoms.